The molecule has 0 radical (unpaired) electrons. The third-order valence-electron chi connectivity index (χ3n) is 3.14. The van der Waals surface area contributed by atoms with Gasteiger partial charge in [-0.1, -0.05) is 32.0 Å². The molecule has 0 aliphatic carbocycles. The fourth-order valence-electron chi connectivity index (χ4n) is 2.32. The maximum absolute atomic E-state index is 11.6. The van der Waals surface area contributed by atoms with E-state index in [9.17, 15) is 4.79 Å². The van der Waals surface area contributed by atoms with Gasteiger partial charge in [0, 0.05) is 24.7 Å². The molecule has 1 aromatic rings. The maximum atomic E-state index is 11.6. The van der Waals surface area contributed by atoms with E-state index in [1.165, 1.54) is 0 Å². The molecule has 1 fully saturated rings. The predicted octanol–water partition coefficient (Wildman–Crippen LogP) is 2.40. The Balaban J connectivity index is 2.06. The van der Waals surface area contributed by atoms with Crippen molar-refractivity contribution in [3.8, 4) is 0 Å². The summed E-state index contributed by atoms with van der Waals surface area (Å²) in [6, 6.07) is 10.3. The molecule has 3 heteroatoms. The second kappa shape index (κ2) is 4.78. The number of anilines is 1. The minimum absolute atomic E-state index is 0.143. The van der Waals surface area contributed by atoms with Crippen molar-refractivity contribution < 1.29 is 4.79 Å². The van der Waals surface area contributed by atoms with Crippen LogP contribution in [0.2, 0.25) is 0 Å². The zero-order chi connectivity index (χ0) is 12.3. The van der Waals surface area contributed by atoms with Crippen molar-refractivity contribution >= 4 is 11.6 Å². The van der Waals surface area contributed by atoms with Gasteiger partial charge in [-0.25, -0.2) is 0 Å². The highest BCUT2D eigenvalue weighted by Crippen LogP contribution is 2.27. The summed E-state index contributed by atoms with van der Waals surface area (Å²) in [6.45, 7) is 5.15. The molecule has 17 heavy (non-hydrogen) atoms. The van der Waals surface area contributed by atoms with Crippen molar-refractivity contribution in [2.75, 3.05) is 11.9 Å². The van der Waals surface area contributed by atoms with Crippen LogP contribution in [0.1, 0.15) is 26.7 Å². The minimum Gasteiger partial charge on any atom is -0.382 e. The van der Waals surface area contributed by atoms with Gasteiger partial charge >= 0.3 is 0 Å². The largest absolute Gasteiger partial charge is 0.382 e. The highest BCUT2D eigenvalue weighted by atomic mass is 16.1. The standard InChI is InChI=1S/C14H20N2O/c1-14(2)9-12(8-13(17)15-10-14)16-11-6-4-3-5-7-11/h3-7,12,16H,8-10H2,1-2H3,(H,15,17). The van der Waals surface area contributed by atoms with Gasteiger partial charge in [-0.05, 0) is 24.0 Å². The van der Waals surface area contributed by atoms with E-state index in [0.29, 0.717) is 6.42 Å². The highest BCUT2D eigenvalue weighted by molar-refractivity contribution is 5.77. The Labute approximate surface area is 103 Å². The Morgan fingerprint density at radius 3 is 2.71 bits per heavy atom. The zero-order valence-electron chi connectivity index (χ0n) is 10.5. The number of nitrogens with one attached hydrogen (secondary N) is 2. The van der Waals surface area contributed by atoms with E-state index in [1.54, 1.807) is 0 Å². The second-order valence-electron chi connectivity index (χ2n) is 5.56. The molecule has 2 N–H and O–H groups in total. The van der Waals surface area contributed by atoms with Crippen molar-refractivity contribution in [2.24, 2.45) is 5.41 Å². The molecule has 0 spiro atoms. The number of amides is 1. The molecule has 0 saturated carbocycles. The van der Waals surface area contributed by atoms with Gasteiger partial charge in [0.25, 0.3) is 0 Å². The molecule has 1 aliphatic rings. The predicted molar refractivity (Wildman–Crippen MR) is 69.9 cm³/mol. The van der Waals surface area contributed by atoms with Crippen molar-refractivity contribution in [2.45, 2.75) is 32.7 Å². The van der Waals surface area contributed by atoms with Crippen molar-refractivity contribution in [3.63, 3.8) is 0 Å². The molecular formula is C14H20N2O. The van der Waals surface area contributed by atoms with Gasteiger partial charge in [-0.15, -0.1) is 0 Å². The van der Waals surface area contributed by atoms with Gasteiger partial charge in [0.15, 0.2) is 0 Å². The summed E-state index contributed by atoms with van der Waals surface area (Å²) in [6.07, 6.45) is 1.55. The van der Waals surface area contributed by atoms with Gasteiger partial charge in [0.1, 0.15) is 0 Å². The van der Waals surface area contributed by atoms with E-state index < -0.39 is 0 Å². The number of para-hydroxylation sites is 1. The Bertz CT molecular complexity index is 386. The van der Waals surface area contributed by atoms with Gasteiger partial charge in [0.2, 0.25) is 5.91 Å². The van der Waals surface area contributed by atoms with Crippen LogP contribution in [-0.4, -0.2) is 18.5 Å². The lowest BCUT2D eigenvalue weighted by Crippen LogP contribution is -2.30. The van der Waals surface area contributed by atoms with Crippen molar-refractivity contribution in [1.29, 1.82) is 0 Å². The molecule has 1 aromatic carbocycles. The molecule has 1 unspecified atom stereocenters. The summed E-state index contributed by atoms with van der Waals surface area (Å²) in [5.41, 5.74) is 1.24. The second-order valence-corrected chi connectivity index (χ2v) is 5.56. The number of benzene rings is 1. The summed E-state index contributed by atoms with van der Waals surface area (Å²) in [4.78, 5) is 11.6. The first-order valence-electron chi connectivity index (χ1n) is 6.13. The minimum atomic E-state index is 0.143. The van der Waals surface area contributed by atoms with Crippen LogP contribution in [0.4, 0.5) is 5.69 Å². The molecule has 1 saturated heterocycles. The van der Waals surface area contributed by atoms with Gasteiger partial charge in [0.05, 0.1) is 0 Å². The van der Waals surface area contributed by atoms with Crippen LogP contribution in [0.5, 0.6) is 0 Å². The quantitative estimate of drug-likeness (QED) is 0.822. The van der Waals surface area contributed by atoms with E-state index in [-0.39, 0.29) is 17.4 Å². The van der Waals surface area contributed by atoms with Crippen LogP contribution < -0.4 is 10.6 Å². The average Bonchev–Trinajstić information content (AvgIpc) is 2.39. The van der Waals surface area contributed by atoms with E-state index in [4.69, 9.17) is 0 Å². The molecule has 3 nitrogen and oxygen atoms in total. The van der Waals surface area contributed by atoms with Crippen LogP contribution in [0, 0.1) is 5.41 Å². The maximum Gasteiger partial charge on any atom is 0.222 e. The lowest BCUT2D eigenvalue weighted by Gasteiger charge is -2.26. The highest BCUT2D eigenvalue weighted by Gasteiger charge is 2.29. The Kier molecular flexibility index (Phi) is 3.36. The number of hydrogen-bond donors (Lipinski definition) is 2. The average molecular weight is 232 g/mol. The zero-order valence-corrected chi connectivity index (χ0v) is 10.5. The summed E-state index contributed by atoms with van der Waals surface area (Å²) < 4.78 is 0. The first-order chi connectivity index (χ1) is 8.05. The fourth-order valence-corrected chi connectivity index (χ4v) is 2.32. The summed E-state index contributed by atoms with van der Waals surface area (Å²) in [5, 5.41) is 6.42. The summed E-state index contributed by atoms with van der Waals surface area (Å²) in [5.74, 6) is 0.143. The molecule has 0 aromatic heterocycles. The molecule has 1 atom stereocenters. The smallest absolute Gasteiger partial charge is 0.222 e. The van der Waals surface area contributed by atoms with Gasteiger partial charge in [-0.3, -0.25) is 4.79 Å². The third-order valence-corrected chi connectivity index (χ3v) is 3.14. The van der Waals surface area contributed by atoms with E-state index in [1.807, 2.05) is 30.3 Å². The Morgan fingerprint density at radius 1 is 1.29 bits per heavy atom. The fraction of sp³-hybridized carbons (Fsp3) is 0.500. The Hall–Kier alpha value is -1.51. The molecule has 0 bridgehead atoms. The topological polar surface area (TPSA) is 41.1 Å². The van der Waals surface area contributed by atoms with Crippen molar-refractivity contribution in [3.05, 3.63) is 30.3 Å². The first-order valence-corrected chi connectivity index (χ1v) is 6.13. The van der Waals surface area contributed by atoms with E-state index in [0.717, 1.165) is 18.7 Å². The van der Waals surface area contributed by atoms with Crippen LogP contribution in [0.25, 0.3) is 0 Å². The number of carbonyl (C=O) groups is 1. The molecule has 2 rings (SSSR count). The van der Waals surface area contributed by atoms with E-state index in [2.05, 4.69) is 24.5 Å². The number of carbonyl (C=O) groups excluding carboxylic acids is 1. The molecule has 1 heterocycles. The number of hydrogen-bond acceptors (Lipinski definition) is 2. The first kappa shape index (κ1) is 12.0. The number of rotatable bonds is 2. The van der Waals surface area contributed by atoms with Gasteiger partial charge in [-0.2, -0.15) is 0 Å². The lowest BCUT2D eigenvalue weighted by molar-refractivity contribution is -0.121. The molecule has 1 amide bonds. The third kappa shape index (κ3) is 3.48. The van der Waals surface area contributed by atoms with Crippen molar-refractivity contribution in [1.82, 2.24) is 5.32 Å². The summed E-state index contributed by atoms with van der Waals surface area (Å²) >= 11 is 0. The van der Waals surface area contributed by atoms with Crippen LogP contribution in [0.15, 0.2) is 30.3 Å². The SMILES string of the molecule is CC1(C)CNC(=O)CC(Nc2ccccc2)C1. The van der Waals surface area contributed by atoms with E-state index >= 15 is 0 Å². The van der Waals surface area contributed by atoms with Crippen LogP contribution in [-0.2, 0) is 4.79 Å². The Morgan fingerprint density at radius 2 is 2.00 bits per heavy atom. The van der Waals surface area contributed by atoms with Crippen LogP contribution in [0.3, 0.4) is 0 Å². The monoisotopic (exact) mass is 232 g/mol. The lowest BCUT2D eigenvalue weighted by atomic mass is 9.86. The molecular weight excluding hydrogens is 212 g/mol. The van der Waals surface area contributed by atoms with Gasteiger partial charge < -0.3 is 10.6 Å². The molecule has 1 aliphatic heterocycles. The molecule has 92 valence electrons. The normalized spacial score (nSPS) is 23.6. The summed E-state index contributed by atoms with van der Waals surface area (Å²) in [7, 11) is 0. The van der Waals surface area contributed by atoms with Crippen LogP contribution >= 0.6 is 0 Å².